The molecule has 1 amide bonds. The third kappa shape index (κ3) is 5.92. The zero-order valence-electron chi connectivity index (χ0n) is 16.8. The van der Waals surface area contributed by atoms with Crippen molar-refractivity contribution in [3.63, 3.8) is 0 Å². The first-order valence-electron chi connectivity index (χ1n) is 9.03. The summed E-state index contributed by atoms with van der Waals surface area (Å²) in [6, 6.07) is 10.6. The van der Waals surface area contributed by atoms with Crippen molar-refractivity contribution in [2.24, 2.45) is 0 Å². The third-order valence-corrected chi connectivity index (χ3v) is 4.07. The van der Waals surface area contributed by atoms with Crippen LogP contribution < -0.4 is 15.4 Å². The van der Waals surface area contributed by atoms with Crippen LogP contribution in [0.5, 0.6) is 5.75 Å². The monoisotopic (exact) mass is 417 g/mol. The number of ether oxygens (including phenoxy) is 3. The summed E-state index contributed by atoms with van der Waals surface area (Å²) < 4.78 is 15.4. The second-order valence-electron chi connectivity index (χ2n) is 6.14. The van der Waals surface area contributed by atoms with Crippen molar-refractivity contribution in [3.05, 3.63) is 58.1 Å². The van der Waals surface area contributed by atoms with Gasteiger partial charge in [0.1, 0.15) is 5.75 Å². The van der Waals surface area contributed by atoms with Crippen LogP contribution in [0.3, 0.4) is 0 Å². The van der Waals surface area contributed by atoms with Gasteiger partial charge in [0.2, 0.25) is 0 Å². The minimum absolute atomic E-state index is 0.0581. The Hall–Kier alpha value is -3.66. The number of non-ortho nitro benzene ring substituents is 1. The van der Waals surface area contributed by atoms with E-state index in [4.69, 9.17) is 14.2 Å². The largest absolute Gasteiger partial charge is 0.495 e. The summed E-state index contributed by atoms with van der Waals surface area (Å²) in [5.74, 6) is -0.999. The lowest BCUT2D eigenvalue weighted by molar-refractivity contribution is -0.384. The predicted octanol–water partition coefficient (Wildman–Crippen LogP) is 2.85. The third-order valence-electron chi connectivity index (χ3n) is 4.07. The number of nitro benzene ring substituents is 1. The van der Waals surface area contributed by atoms with E-state index in [1.54, 1.807) is 24.3 Å². The molecule has 0 saturated carbocycles. The number of benzene rings is 2. The van der Waals surface area contributed by atoms with E-state index in [-0.39, 0.29) is 11.3 Å². The minimum atomic E-state index is -1.16. The van der Waals surface area contributed by atoms with Crippen LogP contribution >= 0.6 is 0 Å². The van der Waals surface area contributed by atoms with E-state index in [0.717, 1.165) is 6.07 Å². The summed E-state index contributed by atoms with van der Waals surface area (Å²) in [4.78, 5) is 35.5. The quantitative estimate of drug-likeness (QED) is 0.261. The molecule has 2 aromatic carbocycles. The van der Waals surface area contributed by atoms with Gasteiger partial charge >= 0.3 is 5.97 Å². The molecule has 1 atom stereocenters. The van der Waals surface area contributed by atoms with E-state index >= 15 is 0 Å². The lowest BCUT2D eigenvalue weighted by Gasteiger charge is -2.16. The number of nitro groups is 1. The van der Waals surface area contributed by atoms with Gasteiger partial charge in [-0.3, -0.25) is 14.9 Å². The molecule has 160 valence electrons. The van der Waals surface area contributed by atoms with Crippen LogP contribution in [0.15, 0.2) is 42.5 Å². The normalized spacial score (nSPS) is 11.3. The van der Waals surface area contributed by atoms with Crippen molar-refractivity contribution in [2.75, 3.05) is 38.0 Å². The molecule has 30 heavy (non-hydrogen) atoms. The van der Waals surface area contributed by atoms with E-state index in [1.165, 1.54) is 33.3 Å². The second kappa shape index (κ2) is 10.8. The number of rotatable bonds is 10. The van der Waals surface area contributed by atoms with Gasteiger partial charge in [-0.05, 0) is 25.1 Å². The number of hydrogen-bond donors (Lipinski definition) is 2. The fraction of sp³-hybridized carbons (Fsp3) is 0.300. The highest BCUT2D eigenvalue weighted by atomic mass is 16.6. The first-order chi connectivity index (χ1) is 14.4. The Morgan fingerprint density at radius 1 is 1.13 bits per heavy atom. The summed E-state index contributed by atoms with van der Waals surface area (Å²) >= 11 is 0. The van der Waals surface area contributed by atoms with E-state index in [0.29, 0.717) is 30.3 Å². The summed E-state index contributed by atoms with van der Waals surface area (Å²) in [7, 11) is 2.99. The lowest BCUT2D eigenvalue weighted by atomic mass is 10.1. The Labute approximate surface area is 173 Å². The smallest absolute Gasteiger partial charge is 0.341 e. The standard InChI is InChI=1S/C20H23N3O7/c1-13(19(24)22-17-6-4-5-7-18(17)29-3)30-20(25)15-12-14(23(26)27)8-9-16(15)21-10-11-28-2/h4-9,12-13,21H,10-11H2,1-3H3,(H,22,24)/t13-/m1/s1. The number of hydrogen-bond acceptors (Lipinski definition) is 8. The van der Waals surface area contributed by atoms with Gasteiger partial charge in [0.05, 0.1) is 29.9 Å². The number of para-hydroxylation sites is 2. The van der Waals surface area contributed by atoms with Crippen molar-refractivity contribution < 1.29 is 28.7 Å². The zero-order chi connectivity index (χ0) is 22.1. The maximum atomic E-state index is 12.6. The Morgan fingerprint density at radius 3 is 2.53 bits per heavy atom. The number of amides is 1. The molecule has 0 radical (unpaired) electrons. The molecule has 2 aromatic rings. The SMILES string of the molecule is COCCNc1ccc([N+](=O)[O-])cc1C(=O)O[C@H](C)C(=O)Nc1ccccc1OC. The van der Waals surface area contributed by atoms with Gasteiger partial charge < -0.3 is 24.8 Å². The molecule has 10 heteroatoms. The van der Waals surface area contributed by atoms with E-state index < -0.39 is 22.9 Å². The van der Waals surface area contributed by atoms with E-state index in [9.17, 15) is 19.7 Å². The summed E-state index contributed by atoms with van der Waals surface area (Å²) in [6.45, 7) is 2.14. The maximum Gasteiger partial charge on any atom is 0.341 e. The molecular weight excluding hydrogens is 394 g/mol. The van der Waals surface area contributed by atoms with Crippen LogP contribution in [-0.4, -0.2) is 50.3 Å². The van der Waals surface area contributed by atoms with Crippen molar-refractivity contribution in [1.29, 1.82) is 0 Å². The van der Waals surface area contributed by atoms with Gasteiger partial charge in [-0.2, -0.15) is 0 Å². The number of carbonyl (C=O) groups excluding carboxylic acids is 2. The average Bonchev–Trinajstić information content (AvgIpc) is 2.74. The molecule has 0 aliphatic carbocycles. The van der Waals surface area contributed by atoms with Gasteiger partial charge in [0.15, 0.2) is 6.10 Å². The Balaban J connectivity index is 2.15. The molecule has 0 aliphatic rings. The molecule has 0 heterocycles. The molecule has 0 saturated heterocycles. The minimum Gasteiger partial charge on any atom is -0.495 e. The number of carbonyl (C=O) groups is 2. The topological polar surface area (TPSA) is 129 Å². The molecule has 0 unspecified atom stereocenters. The van der Waals surface area contributed by atoms with Gasteiger partial charge in [-0.15, -0.1) is 0 Å². The predicted molar refractivity (Wildman–Crippen MR) is 110 cm³/mol. The summed E-state index contributed by atoms with van der Waals surface area (Å²) in [5.41, 5.74) is 0.424. The molecule has 2 N–H and O–H groups in total. The molecule has 0 bridgehead atoms. The van der Waals surface area contributed by atoms with Crippen LogP contribution in [0.4, 0.5) is 17.1 Å². The van der Waals surface area contributed by atoms with Crippen molar-refractivity contribution >= 4 is 28.9 Å². The number of nitrogens with zero attached hydrogens (tertiary/aromatic N) is 1. The number of nitrogens with one attached hydrogen (secondary N) is 2. The van der Waals surface area contributed by atoms with Crippen LogP contribution in [0.1, 0.15) is 17.3 Å². The first-order valence-corrected chi connectivity index (χ1v) is 9.03. The van der Waals surface area contributed by atoms with Gasteiger partial charge in [-0.25, -0.2) is 4.79 Å². The van der Waals surface area contributed by atoms with Crippen LogP contribution in [0.2, 0.25) is 0 Å². The molecule has 0 aromatic heterocycles. The second-order valence-corrected chi connectivity index (χ2v) is 6.14. The van der Waals surface area contributed by atoms with E-state index in [2.05, 4.69) is 10.6 Å². The van der Waals surface area contributed by atoms with Crippen LogP contribution in [-0.2, 0) is 14.3 Å². The van der Waals surface area contributed by atoms with Gasteiger partial charge in [0, 0.05) is 31.5 Å². The van der Waals surface area contributed by atoms with Crippen molar-refractivity contribution in [2.45, 2.75) is 13.0 Å². The van der Waals surface area contributed by atoms with Crippen LogP contribution in [0.25, 0.3) is 0 Å². The summed E-state index contributed by atoms with van der Waals surface area (Å²) in [5, 5.41) is 16.7. The Kier molecular flexibility index (Phi) is 8.12. The highest BCUT2D eigenvalue weighted by Gasteiger charge is 2.23. The zero-order valence-corrected chi connectivity index (χ0v) is 16.8. The highest BCUT2D eigenvalue weighted by Crippen LogP contribution is 2.25. The lowest BCUT2D eigenvalue weighted by Crippen LogP contribution is -2.30. The van der Waals surface area contributed by atoms with Gasteiger partial charge in [-0.1, -0.05) is 12.1 Å². The fourth-order valence-corrected chi connectivity index (χ4v) is 2.52. The van der Waals surface area contributed by atoms with Crippen molar-refractivity contribution in [1.82, 2.24) is 0 Å². The molecule has 0 spiro atoms. The number of esters is 1. The fourth-order valence-electron chi connectivity index (χ4n) is 2.52. The molecule has 10 nitrogen and oxygen atoms in total. The van der Waals surface area contributed by atoms with Crippen LogP contribution in [0, 0.1) is 10.1 Å². The number of methoxy groups -OCH3 is 2. The maximum absolute atomic E-state index is 12.6. The van der Waals surface area contributed by atoms with E-state index in [1.807, 2.05) is 0 Å². The molecule has 0 fully saturated rings. The van der Waals surface area contributed by atoms with Gasteiger partial charge in [0.25, 0.3) is 11.6 Å². The first kappa shape index (κ1) is 22.6. The van der Waals surface area contributed by atoms with Crippen molar-refractivity contribution in [3.8, 4) is 5.75 Å². The highest BCUT2D eigenvalue weighted by molar-refractivity contribution is 6.00. The Morgan fingerprint density at radius 2 is 1.87 bits per heavy atom. The average molecular weight is 417 g/mol. The number of anilines is 2. The summed E-state index contributed by atoms with van der Waals surface area (Å²) in [6.07, 6.45) is -1.16. The molecular formula is C20H23N3O7. The molecule has 2 rings (SSSR count). The Bertz CT molecular complexity index is 917. The molecule has 0 aliphatic heterocycles.